The summed E-state index contributed by atoms with van der Waals surface area (Å²) in [6.07, 6.45) is 3.06. The van der Waals surface area contributed by atoms with E-state index in [9.17, 15) is 22.4 Å². The SMILES string of the molecule is C[C@@H](Sc1ccccc1N=Cc1cccnc1Cl)C(=O)Nc1c(F)c(F)cc(F)c1F. The third kappa shape index (κ3) is 5.42. The molecule has 0 aliphatic rings. The zero-order valence-corrected chi connectivity index (χ0v) is 17.4. The maximum atomic E-state index is 13.8. The van der Waals surface area contributed by atoms with Crippen molar-refractivity contribution < 1.29 is 22.4 Å². The highest BCUT2D eigenvalue weighted by atomic mass is 35.5. The lowest BCUT2D eigenvalue weighted by Crippen LogP contribution is -2.24. The molecule has 1 heterocycles. The summed E-state index contributed by atoms with van der Waals surface area (Å²) in [6.45, 7) is 1.48. The third-order valence-electron chi connectivity index (χ3n) is 4.03. The molecular weight excluding hydrogens is 454 g/mol. The number of pyridine rings is 1. The predicted molar refractivity (Wildman–Crippen MR) is 113 cm³/mol. The molecule has 0 fully saturated rings. The number of carbonyl (C=O) groups excluding carboxylic acids is 1. The number of thioether (sulfide) groups is 1. The van der Waals surface area contributed by atoms with Crippen molar-refractivity contribution in [1.82, 2.24) is 4.98 Å². The minimum absolute atomic E-state index is 0.0707. The molecule has 10 heteroatoms. The number of nitrogens with one attached hydrogen (secondary N) is 1. The van der Waals surface area contributed by atoms with E-state index in [4.69, 9.17) is 11.6 Å². The summed E-state index contributed by atoms with van der Waals surface area (Å²) in [5, 5.41) is 1.31. The Labute approximate surface area is 184 Å². The van der Waals surface area contributed by atoms with Crippen LogP contribution in [-0.2, 0) is 4.79 Å². The van der Waals surface area contributed by atoms with Gasteiger partial charge in [-0.2, -0.15) is 0 Å². The summed E-state index contributed by atoms with van der Waals surface area (Å²) in [5.74, 6) is -7.42. The zero-order chi connectivity index (χ0) is 22.5. The maximum absolute atomic E-state index is 13.8. The van der Waals surface area contributed by atoms with Crippen LogP contribution in [0.3, 0.4) is 0 Å². The number of para-hydroxylation sites is 1. The van der Waals surface area contributed by atoms with Crippen LogP contribution in [0.1, 0.15) is 12.5 Å². The monoisotopic (exact) mass is 467 g/mol. The lowest BCUT2D eigenvalue weighted by Gasteiger charge is -2.14. The molecule has 1 atom stereocenters. The second kappa shape index (κ2) is 9.93. The highest BCUT2D eigenvalue weighted by Crippen LogP contribution is 2.33. The Morgan fingerprint density at radius 3 is 2.48 bits per heavy atom. The Bertz CT molecular complexity index is 1130. The van der Waals surface area contributed by atoms with Gasteiger partial charge in [0.25, 0.3) is 0 Å². The van der Waals surface area contributed by atoms with Crippen LogP contribution in [0.25, 0.3) is 0 Å². The molecule has 0 aliphatic carbocycles. The number of halogens is 5. The standard InChI is InChI=1S/C21H14ClF4N3OS/c1-11(21(30)29-19-17(25)13(23)9-14(24)18(19)26)31-16-7-3-2-6-15(16)28-10-12-5-4-8-27-20(12)22/h2-11H,1H3,(H,29,30)/t11-/m1/s1. The van der Waals surface area contributed by atoms with Gasteiger partial charge in [0.1, 0.15) is 10.8 Å². The van der Waals surface area contributed by atoms with Gasteiger partial charge >= 0.3 is 0 Å². The quantitative estimate of drug-likeness (QED) is 0.155. The van der Waals surface area contributed by atoms with Crippen LogP contribution >= 0.6 is 23.4 Å². The van der Waals surface area contributed by atoms with Gasteiger partial charge in [-0.05, 0) is 31.2 Å². The minimum Gasteiger partial charge on any atom is -0.320 e. The number of anilines is 1. The Kier molecular flexibility index (Phi) is 7.29. The number of hydrogen-bond acceptors (Lipinski definition) is 4. The Hall–Kier alpha value is -2.91. The first-order chi connectivity index (χ1) is 14.8. The predicted octanol–water partition coefficient (Wildman–Crippen LogP) is 6.16. The van der Waals surface area contributed by atoms with Gasteiger partial charge in [-0.25, -0.2) is 22.5 Å². The van der Waals surface area contributed by atoms with Crippen molar-refractivity contribution in [3.8, 4) is 0 Å². The fourth-order valence-corrected chi connectivity index (χ4v) is 3.56. The number of benzene rings is 2. The molecule has 3 rings (SSSR count). The average molecular weight is 468 g/mol. The summed E-state index contributed by atoms with van der Waals surface area (Å²) in [4.78, 5) is 21.3. The van der Waals surface area contributed by atoms with Gasteiger partial charge in [0, 0.05) is 28.9 Å². The van der Waals surface area contributed by atoms with E-state index in [1.165, 1.54) is 13.1 Å². The Morgan fingerprint density at radius 2 is 1.81 bits per heavy atom. The van der Waals surface area contributed by atoms with Crippen molar-refractivity contribution >= 4 is 46.9 Å². The fraction of sp³-hybridized carbons (Fsp3) is 0.0952. The van der Waals surface area contributed by atoms with Gasteiger partial charge < -0.3 is 5.32 Å². The third-order valence-corrected chi connectivity index (χ3v) is 5.51. The second-order valence-electron chi connectivity index (χ2n) is 6.20. The van der Waals surface area contributed by atoms with Crippen LogP contribution in [0.15, 0.2) is 58.5 Å². The van der Waals surface area contributed by atoms with Gasteiger partial charge in [-0.15, -0.1) is 11.8 Å². The fourth-order valence-electron chi connectivity index (χ4n) is 2.45. The molecule has 160 valence electrons. The number of hydrogen-bond donors (Lipinski definition) is 1. The van der Waals surface area contributed by atoms with E-state index in [-0.39, 0.29) is 11.2 Å². The maximum Gasteiger partial charge on any atom is 0.237 e. The van der Waals surface area contributed by atoms with E-state index in [1.807, 2.05) is 5.32 Å². The summed E-state index contributed by atoms with van der Waals surface area (Å²) >= 11 is 7.06. The molecule has 0 bridgehead atoms. The van der Waals surface area contributed by atoms with Crippen molar-refractivity contribution in [2.75, 3.05) is 5.32 Å². The molecule has 31 heavy (non-hydrogen) atoms. The first-order valence-corrected chi connectivity index (χ1v) is 10.1. The number of aliphatic imine (C=N–C) groups is 1. The lowest BCUT2D eigenvalue weighted by molar-refractivity contribution is -0.115. The molecule has 0 aliphatic heterocycles. The molecular formula is C21H14ClF4N3OS. The summed E-state index contributed by atoms with van der Waals surface area (Å²) < 4.78 is 54.3. The van der Waals surface area contributed by atoms with E-state index in [2.05, 4.69) is 9.98 Å². The van der Waals surface area contributed by atoms with Crippen molar-refractivity contribution in [1.29, 1.82) is 0 Å². The zero-order valence-electron chi connectivity index (χ0n) is 15.9. The van der Waals surface area contributed by atoms with Crippen molar-refractivity contribution in [3.05, 3.63) is 82.6 Å². The van der Waals surface area contributed by atoms with E-state index >= 15 is 0 Å². The van der Waals surface area contributed by atoms with Crippen LogP contribution in [-0.4, -0.2) is 22.4 Å². The van der Waals surface area contributed by atoms with Gasteiger partial charge in [0.2, 0.25) is 5.91 Å². The molecule has 1 N–H and O–H groups in total. The molecule has 0 spiro atoms. The summed E-state index contributed by atoms with van der Waals surface area (Å²) in [5.41, 5.74) is -0.0671. The molecule has 0 radical (unpaired) electrons. The molecule has 3 aromatic rings. The van der Waals surface area contributed by atoms with Gasteiger partial charge in [-0.1, -0.05) is 23.7 Å². The summed E-state index contributed by atoms with van der Waals surface area (Å²) in [7, 11) is 0. The number of nitrogens with zero attached hydrogens (tertiary/aromatic N) is 2. The van der Waals surface area contributed by atoms with Crippen molar-refractivity contribution in [3.63, 3.8) is 0 Å². The van der Waals surface area contributed by atoms with Crippen LogP contribution in [0.5, 0.6) is 0 Å². The van der Waals surface area contributed by atoms with Crippen LogP contribution in [0.2, 0.25) is 5.15 Å². The summed E-state index contributed by atoms with van der Waals surface area (Å²) in [6, 6.07) is 10.4. The minimum atomic E-state index is -1.68. The molecule has 0 unspecified atom stereocenters. The van der Waals surface area contributed by atoms with E-state index in [0.29, 0.717) is 16.1 Å². The number of amides is 1. The first-order valence-electron chi connectivity index (χ1n) is 8.82. The topological polar surface area (TPSA) is 54.4 Å². The smallest absolute Gasteiger partial charge is 0.237 e. The van der Waals surface area contributed by atoms with Gasteiger partial charge in [0.05, 0.1) is 10.9 Å². The van der Waals surface area contributed by atoms with Gasteiger partial charge in [0.15, 0.2) is 23.3 Å². The molecule has 4 nitrogen and oxygen atoms in total. The largest absolute Gasteiger partial charge is 0.320 e. The molecule has 0 saturated carbocycles. The number of aromatic nitrogens is 1. The number of carbonyl (C=O) groups is 1. The highest BCUT2D eigenvalue weighted by Gasteiger charge is 2.24. The van der Waals surface area contributed by atoms with Crippen LogP contribution in [0, 0.1) is 23.3 Å². The number of rotatable bonds is 6. The lowest BCUT2D eigenvalue weighted by atomic mass is 10.2. The van der Waals surface area contributed by atoms with Crippen molar-refractivity contribution in [2.45, 2.75) is 17.1 Å². The molecule has 1 amide bonds. The highest BCUT2D eigenvalue weighted by molar-refractivity contribution is 8.00. The molecule has 0 saturated heterocycles. The Morgan fingerprint density at radius 1 is 1.13 bits per heavy atom. The van der Waals surface area contributed by atoms with Crippen molar-refractivity contribution in [2.24, 2.45) is 4.99 Å². The van der Waals surface area contributed by atoms with Gasteiger partial charge in [-0.3, -0.25) is 9.79 Å². The normalized spacial score (nSPS) is 12.2. The molecule has 2 aromatic carbocycles. The second-order valence-corrected chi connectivity index (χ2v) is 7.94. The van der Waals surface area contributed by atoms with E-state index in [1.54, 1.807) is 42.6 Å². The van der Waals surface area contributed by atoms with E-state index < -0.39 is 40.1 Å². The first kappa shape index (κ1) is 22.8. The Balaban J connectivity index is 1.78. The van der Waals surface area contributed by atoms with Crippen LogP contribution in [0.4, 0.5) is 28.9 Å². The van der Waals surface area contributed by atoms with Crippen LogP contribution < -0.4 is 5.32 Å². The molecule has 1 aromatic heterocycles. The van der Waals surface area contributed by atoms with E-state index in [0.717, 1.165) is 11.8 Å². The average Bonchev–Trinajstić information content (AvgIpc) is 2.75.